The fraction of sp³-hybridized carbons (Fsp3) is 0.688. The van der Waals surface area contributed by atoms with Gasteiger partial charge in [0, 0.05) is 25.0 Å². The Hall–Kier alpha value is -1.25. The summed E-state index contributed by atoms with van der Waals surface area (Å²) in [6, 6.07) is 0.518. The zero-order chi connectivity index (χ0) is 13.7. The van der Waals surface area contributed by atoms with Crippen LogP contribution in [0.5, 0.6) is 0 Å². The van der Waals surface area contributed by atoms with Crippen molar-refractivity contribution in [1.82, 2.24) is 9.55 Å². The van der Waals surface area contributed by atoms with Crippen molar-refractivity contribution in [1.29, 1.82) is 0 Å². The molecule has 2 fully saturated rings. The van der Waals surface area contributed by atoms with E-state index in [0.717, 1.165) is 18.4 Å². The minimum atomic E-state index is 0.359. The maximum absolute atomic E-state index is 4.48. The molecule has 1 aromatic heterocycles. The molecule has 3 unspecified atom stereocenters. The first kappa shape index (κ1) is 12.8. The molecular weight excluding hydrogens is 234 g/mol. The summed E-state index contributed by atoms with van der Waals surface area (Å²) >= 11 is 0. The molecule has 1 aromatic rings. The van der Waals surface area contributed by atoms with E-state index in [2.05, 4.69) is 42.2 Å². The quantitative estimate of drug-likeness (QED) is 0.836. The molecule has 2 saturated carbocycles. The highest BCUT2D eigenvalue weighted by Gasteiger charge is 2.59. The van der Waals surface area contributed by atoms with Crippen LogP contribution < -0.4 is 5.32 Å². The first-order chi connectivity index (χ1) is 8.97. The summed E-state index contributed by atoms with van der Waals surface area (Å²) in [5.41, 5.74) is 0.789. The minimum Gasteiger partial charge on any atom is -0.352 e. The van der Waals surface area contributed by atoms with Crippen LogP contribution in [0, 0.1) is 16.7 Å². The summed E-state index contributed by atoms with van der Waals surface area (Å²) in [5, 5.41) is 3.74. The van der Waals surface area contributed by atoms with Gasteiger partial charge in [0.1, 0.15) is 0 Å². The smallest absolute Gasteiger partial charge is 0.203 e. The summed E-state index contributed by atoms with van der Waals surface area (Å²) < 4.78 is 2.14. The predicted octanol–water partition coefficient (Wildman–Crippen LogP) is 3.70. The zero-order valence-corrected chi connectivity index (χ0v) is 12.3. The van der Waals surface area contributed by atoms with Gasteiger partial charge in [-0.3, -0.25) is 0 Å². The van der Waals surface area contributed by atoms with Crippen LogP contribution in [0.15, 0.2) is 25.0 Å². The second-order valence-corrected chi connectivity index (χ2v) is 7.18. The maximum atomic E-state index is 4.48. The molecule has 3 nitrogen and oxygen atoms in total. The summed E-state index contributed by atoms with van der Waals surface area (Å²) in [6.07, 6.45) is 9.91. The number of rotatable bonds is 4. The van der Waals surface area contributed by atoms with Gasteiger partial charge in [-0.1, -0.05) is 26.8 Å². The monoisotopic (exact) mass is 259 g/mol. The lowest BCUT2D eigenvalue weighted by Crippen LogP contribution is -2.46. The van der Waals surface area contributed by atoms with Crippen molar-refractivity contribution in [2.45, 2.75) is 52.6 Å². The molecule has 3 heteroatoms. The van der Waals surface area contributed by atoms with Crippen molar-refractivity contribution in [3.8, 4) is 0 Å². The number of anilines is 1. The largest absolute Gasteiger partial charge is 0.352 e. The highest BCUT2D eigenvalue weighted by molar-refractivity contribution is 5.33. The number of hydrogen-bond acceptors (Lipinski definition) is 2. The molecule has 3 atom stereocenters. The number of allylic oxidation sites excluding steroid dienone is 1. The van der Waals surface area contributed by atoms with Crippen molar-refractivity contribution in [3.63, 3.8) is 0 Å². The lowest BCUT2D eigenvalue weighted by molar-refractivity contribution is 0.154. The molecular formula is C16H25N3. The van der Waals surface area contributed by atoms with Gasteiger partial charge in [0.05, 0.1) is 0 Å². The molecule has 2 aliphatic rings. The third kappa shape index (κ3) is 1.82. The van der Waals surface area contributed by atoms with Crippen LogP contribution in [0.4, 0.5) is 5.95 Å². The van der Waals surface area contributed by atoms with Crippen LogP contribution in [-0.2, 0) is 6.54 Å². The lowest BCUT2D eigenvalue weighted by Gasteiger charge is -2.43. The number of hydrogen-bond donors (Lipinski definition) is 1. The highest BCUT2D eigenvalue weighted by Crippen LogP contribution is 2.62. The lowest BCUT2D eigenvalue weighted by atomic mass is 9.68. The molecule has 2 aliphatic carbocycles. The van der Waals surface area contributed by atoms with Crippen molar-refractivity contribution in [3.05, 3.63) is 25.0 Å². The first-order valence-electron chi connectivity index (χ1n) is 7.36. The molecule has 0 aromatic carbocycles. The molecule has 0 aliphatic heterocycles. The van der Waals surface area contributed by atoms with E-state index in [-0.39, 0.29) is 0 Å². The molecule has 0 spiro atoms. The van der Waals surface area contributed by atoms with Crippen LogP contribution >= 0.6 is 0 Å². The summed E-state index contributed by atoms with van der Waals surface area (Å²) in [4.78, 5) is 4.48. The number of fused-ring (bicyclic) bond motifs is 2. The third-order valence-corrected chi connectivity index (χ3v) is 5.58. The standard InChI is InChI=1S/C16H25N3/c1-5-9-19-10-8-17-14(19)18-13-15(2,3)12-6-7-16(13,4)11-12/h5,8,10,12-13H,1,6-7,9,11H2,2-4H3,(H,17,18). The van der Waals surface area contributed by atoms with Gasteiger partial charge in [-0.25, -0.2) is 4.98 Å². The Labute approximate surface area is 116 Å². The van der Waals surface area contributed by atoms with E-state index in [4.69, 9.17) is 0 Å². The number of aromatic nitrogens is 2. The Morgan fingerprint density at radius 1 is 1.53 bits per heavy atom. The van der Waals surface area contributed by atoms with Crippen LogP contribution in [-0.4, -0.2) is 15.6 Å². The maximum Gasteiger partial charge on any atom is 0.203 e. The predicted molar refractivity (Wildman–Crippen MR) is 79.1 cm³/mol. The van der Waals surface area contributed by atoms with E-state index in [1.54, 1.807) is 0 Å². The van der Waals surface area contributed by atoms with Crippen molar-refractivity contribution >= 4 is 5.95 Å². The molecule has 0 radical (unpaired) electrons. The average molecular weight is 259 g/mol. The van der Waals surface area contributed by atoms with Crippen molar-refractivity contribution in [2.24, 2.45) is 16.7 Å². The van der Waals surface area contributed by atoms with Crippen LogP contribution in [0.1, 0.15) is 40.0 Å². The van der Waals surface area contributed by atoms with Gasteiger partial charge in [-0.2, -0.15) is 0 Å². The zero-order valence-electron chi connectivity index (χ0n) is 12.3. The average Bonchev–Trinajstić information content (AvgIpc) is 2.97. The topological polar surface area (TPSA) is 29.9 Å². The normalized spacial score (nSPS) is 35.5. The van der Waals surface area contributed by atoms with Gasteiger partial charge >= 0.3 is 0 Å². The van der Waals surface area contributed by atoms with Crippen molar-refractivity contribution in [2.75, 3.05) is 5.32 Å². The second-order valence-electron chi connectivity index (χ2n) is 7.18. The number of imidazole rings is 1. The Morgan fingerprint density at radius 3 is 2.95 bits per heavy atom. The Morgan fingerprint density at radius 2 is 2.32 bits per heavy atom. The Bertz CT molecular complexity index is 483. The molecule has 19 heavy (non-hydrogen) atoms. The Balaban J connectivity index is 1.86. The van der Waals surface area contributed by atoms with Crippen LogP contribution in [0.25, 0.3) is 0 Å². The summed E-state index contributed by atoms with van der Waals surface area (Å²) in [5.74, 6) is 1.85. The van der Waals surface area contributed by atoms with E-state index in [0.29, 0.717) is 16.9 Å². The van der Waals surface area contributed by atoms with E-state index in [1.165, 1.54) is 19.3 Å². The van der Waals surface area contributed by atoms with Gasteiger partial charge < -0.3 is 9.88 Å². The second kappa shape index (κ2) is 4.12. The van der Waals surface area contributed by atoms with E-state index in [1.807, 2.05) is 18.5 Å². The van der Waals surface area contributed by atoms with Gasteiger partial charge in [-0.05, 0) is 36.0 Å². The molecule has 0 saturated heterocycles. The molecule has 0 amide bonds. The minimum absolute atomic E-state index is 0.359. The molecule has 104 valence electrons. The van der Waals surface area contributed by atoms with E-state index < -0.39 is 0 Å². The van der Waals surface area contributed by atoms with Gasteiger partial charge in [0.25, 0.3) is 0 Å². The Kier molecular flexibility index (Phi) is 2.77. The number of nitrogens with one attached hydrogen (secondary N) is 1. The summed E-state index contributed by atoms with van der Waals surface area (Å²) in [6.45, 7) is 11.9. The summed E-state index contributed by atoms with van der Waals surface area (Å²) in [7, 11) is 0. The molecule has 1 heterocycles. The fourth-order valence-corrected chi connectivity index (χ4v) is 4.53. The molecule has 3 rings (SSSR count). The van der Waals surface area contributed by atoms with E-state index >= 15 is 0 Å². The fourth-order valence-electron chi connectivity index (χ4n) is 4.53. The van der Waals surface area contributed by atoms with Gasteiger partial charge in [-0.15, -0.1) is 6.58 Å². The molecule has 1 N–H and O–H groups in total. The van der Waals surface area contributed by atoms with Crippen LogP contribution in [0.3, 0.4) is 0 Å². The van der Waals surface area contributed by atoms with Gasteiger partial charge in [0.15, 0.2) is 0 Å². The number of nitrogens with zero attached hydrogens (tertiary/aromatic N) is 2. The molecule has 2 bridgehead atoms. The van der Waals surface area contributed by atoms with Gasteiger partial charge in [0.2, 0.25) is 5.95 Å². The van der Waals surface area contributed by atoms with Crippen LogP contribution in [0.2, 0.25) is 0 Å². The highest BCUT2D eigenvalue weighted by atomic mass is 15.2. The SMILES string of the molecule is C=CCn1ccnc1NC1C2(C)CCC(C2)C1(C)C. The third-order valence-electron chi connectivity index (χ3n) is 5.58. The van der Waals surface area contributed by atoms with E-state index in [9.17, 15) is 0 Å². The van der Waals surface area contributed by atoms with Crippen molar-refractivity contribution < 1.29 is 0 Å². The first-order valence-corrected chi connectivity index (χ1v) is 7.36.